The number of carbonyl (C=O) groups is 3. The van der Waals surface area contributed by atoms with E-state index in [1.54, 1.807) is 59.6 Å². The van der Waals surface area contributed by atoms with Crippen LogP contribution in [0.2, 0.25) is 0 Å². The number of piperidine rings is 1. The number of para-hydroxylation sites is 1. The van der Waals surface area contributed by atoms with Gasteiger partial charge in [0, 0.05) is 82.3 Å². The molecule has 0 radical (unpaired) electrons. The van der Waals surface area contributed by atoms with Crippen LogP contribution in [-0.2, 0) is 33.3 Å². The van der Waals surface area contributed by atoms with Gasteiger partial charge < -0.3 is 33.9 Å². The first kappa shape index (κ1) is 33.7. The Labute approximate surface area is 287 Å². The van der Waals surface area contributed by atoms with Crippen LogP contribution in [0.15, 0.2) is 24.3 Å². The number of fused-ring (bicyclic) bond motifs is 2. The van der Waals surface area contributed by atoms with E-state index in [9.17, 15) is 24.6 Å². The molecule has 12 nitrogen and oxygen atoms in total. The highest BCUT2D eigenvalue weighted by Crippen LogP contribution is 2.80. The predicted molar refractivity (Wildman–Crippen MR) is 174 cm³/mol. The zero-order valence-electron chi connectivity index (χ0n) is 29.3. The Hall–Kier alpha value is -2.45. The van der Waals surface area contributed by atoms with Crippen LogP contribution in [0.3, 0.4) is 0 Å². The summed E-state index contributed by atoms with van der Waals surface area (Å²) in [6.07, 6.45) is 0.813. The second-order valence-corrected chi connectivity index (χ2v) is 16.0. The fourth-order valence-electron chi connectivity index (χ4n) is 13.2. The average molecular weight is 683 g/mol. The van der Waals surface area contributed by atoms with Crippen molar-refractivity contribution in [3.05, 3.63) is 29.8 Å². The first-order valence-corrected chi connectivity index (χ1v) is 17.9. The van der Waals surface area contributed by atoms with Crippen molar-refractivity contribution in [2.75, 3.05) is 53.0 Å². The molecule has 7 bridgehead atoms. The molecule has 1 spiro atoms. The molecule has 7 aliphatic rings. The number of carbonyl (C=O) groups excluding carboxylic acids is 3. The molecule has 12 unspecified atom stereocenters. The monoisotopic (exact) mass is 682 g/mol. The van der Waals surface area contributed by atoms with Gasteiger partial charge in [0.2, 0.25) is 11.8 Å². The van der Waals surface area contributed by atoms with Crippen molar-refractivity contribution in [3.8, 4) is 0 Å². The Morgan fingerprint density at radius 3 is 2.43 bits per heavy atom. The van der Waals surface area contributed by atoms with Gasteiger partial charge in [-0.15, -0.1) is 0 Å². The number of hydrogen-bond acceptors (Lipinski definition) is 11. The van der Waals surface area contributed by atoms with E-state index in [0.29, 0.717) is 25.9 Å². The van der Waals surface area contributed by atoms with Gasteiger partial charge in [-0.3, -0.25) is 14.5 Å². The van der Waals surface area contributed by atoms with Crippen molar-refractivity contribution in [1.29, 1.82) is 0 Å². The summed E-state index contributed by atoms with van der Waals surface area (Å²) in [6, 6.07) is 6.12. The number of likely N-dealkylation sites (N-methyl/N-ethyl adjacent to an activating group) is 1. The molecule has 7 fully saturated rings. The SMILES string of the molecule is CCN1C[C@]2(COC(=O)c3ccccc3N3C(=O)CC(C)C3=O)CC[C@H](OC)C34C5CC6C(OC)CC(O)(C5C6OC)C(O)(C(OC)C32)C14. The lowest BCUT2D eigenvalue weighted by atomic mass is 9.42. The quantitative estimate of drug-likeness (QED) is 0.292. The molecule has 2 amide bonds. The van der Waals surface area contributed by atoms with Gasteiger partial charge in [-0.2, -0.15) is 0 Å². The summed E-state index contributed by atoms with van der Waals surface area (Å²) in [6.45, 7) is 4.95. The van der Waals surface area contributed by atoms with Gasteiger partial charge in [-0.1, -0.05) is 26.0 Å². The lowest BCUT2D eigenvalue weighted by Crippen LogP contribution is -2.82. The van der Waals surface area contributed by atoms with Gasteiger partial charge in [-0.05, 0) is 43.9 Å². The van der Waals surface area contributed by atoms with Crippen LogP contribution in [0.1, 0.15) is 56.3 Å². The Bertz CT molecular complexity index is 1560. The molecule has 1 aromatic carbocycles. The van der Waals surface area contributed by atoms with E-state index < -0.39 is 46.1 Å². The van der Waals surface area contributed by atoms with Crippen molar-refractivity contribution in [2.45, 2.75) is 87.6 Å². The van der Waals surface area contributed by atoms with Crippen LogP contribution in [0.25, 0.3) is 0 Å². The summed E-state index contributed by atoms with van der Waals surface area (Å²) < 4.78 is 31.4. The van der Waals surface area contributed by atoms with Gasteiger partial charge in [0.05, 0.1) is 48.3 Å². The molecule has 2 heterocycles. The molecule has 12 heteroatoms. The highest BCUT2D eigenvalue weighted by molar-refractivity contribution is 6.22. The first-order chi connectivity index (χ1) is 23.4. The van der Waals surface area contributed by atoms with Crippen molar-refractivity contribution >= 4 is 23.5 Å². The topological polar surface area (TPSA) is 144 Å². The fourth-order valence-corrected chi connectivity index (χ4v) is 13.2. The maximum absolute atomic E-state index is 14.1. The van der Waals surface area contributed by atoms with E-state index in [1.165, 1.54) is 0 Å². The Morgan fingerprint density at radius 1 is 1.04 bits per heavy atom. The highest BCUT2D eigenvalue weighted by atomic mass is 16.5. The largest absolute Gasteiger partial charge is 0.461 e. The molecule has 8 rings (SSSR count). The van der Waals surface area contributed by atoms with Gasteiger partial charge in [0.1, 0.15) is 11.2 Å². The van der Waals surface area contributed by atoms with Crippen LogP contribution in [-0.4, -0.2) is 123 Å². The Morgan fingerprint density at radius 2 is 1.80 bits per heavy atom. The number of ether oxygens (including phenoxy) is 5. The van der Waals surface area contributed by atoms with Gasteiger partial charge >= 0.3 is 5.97 Å². The summed E-state index contributed by atoms with van der Waals surface area (Å²) in [7, 11) is 6.70. The zero-order chi connectivity index (χ0) is 34.8. The van der Waals surface area contributed by atoms with Crippen molar-refractivity contribution < 1.29 is 48.3 Å². The van der Waals surface area contributed by atoms with E-state index in [1.807, 2.05) is 0 Å². The molecule has 0 aromatic heterocycles. The lowest BCUT2D eigenvalue weighted by Gasteiger charge is -2.70. The maximum Gasteiger partial charge on any atom is 0.340 e. The first-order valence-electron chi connectivity index (χ1n) is 17.9. The number of imide groups is 1. The molecule has 2 aliphatic heterocycles. The molecule has 5 saturated carbocycles. The van der Waals surface area contributed by atoms with Gasteiger partial charge in [0.15, 0.2) is 0 Å². The van der Waals surface area contributed by atoms with E-state index in [4.69, 9.17) is 23.7 Å². The summed E-state index contributed by atoms with van der Waals surface area (Å²) in [5.74, 6) is -2.47. The van der Waals surface area contributed by atoms with Gasteiger partial charge in [-0.25, -0.2) is 9.69 Å². The number of anilines is 1. The standard InChI is InChI=1S/C37H50N2O10/c1-7-38-17-34(18-49-32(42)20-10-8-9-11-23(20)39-26(40)14-19(2)31(39)41)13-12-25(46-4)36-22-15-21-24(45-3)16-35(43,27(22)28(21)47-5)37(44,33(36)38)30(48-6)29(34)36/h8-11,19,21-22,24-25,27-30,33,43-44H,7,12-18H2,1-6H3/t19?,21?,22?,24?,25-,27?,28?,29?,30?,33?,34-,35?,36?,37?/m0/s1. The van der Waals surface area contributed by atoms with Crippen molar-refractivity contribution in [2.24, 2.45) is 40.4 Å². The number of aliphatic hydroxyl groups is 2. The number of nitrogens with zero attached hydrogens (tertiary/aromatic N) is 2. The average Bonchev–Trinajstić information content (AvgIpc) is 3.63. The number of benzene rings is 1. The minimum absolute atomic E-state index is 0.0358. The lowest BCUT2D eigenvalue weighted by molar-refractivity contribution is -0.320. The predicted octanol–water partition coefficient (Wildman–Crippen LogP) is 2.04. The second-order valence-electron chi connectivity index (χ2n) is 16.0. The smallest absolute Gasteiger partial charge is 0.340 e. The summed E-state index contributed by atoms with van der Waals surface area (Å²) >= 11 is 0. The number of methoxy groups -OCH3 is 4. The number of esters is 1. The minimum atomic E-state index is -1.70. The van der Waals surface area contributed by atoms with Crippen LogP contribution >= 0.6 is 0 Å². The molecular weight excluding hydrogens is 632 g/mol. The minimum Gasteiger partial charge on any atom is -0.461 e. The van der Waals surface area contributed by atoms with Crippen LogP contribution < -0.4 is 4.90 Å². The van der Waals surface area contributed by atoms with E-state index >= 15 is 0 Å². The molecule has 2 saturated heterocycles. The maximum atomic E-state index is 14.1. The molecular formula is C37H50N2O10. The number of amides is 2. The molecule has 5 aliphatic carbocycles. The van der Waals surface area contributed by atoms with Crippen LogP contribution in [0.5, 0.6) is 0 Å². The normalized spacial score (nSPS) is 48.0. The summed E-state index contributed by atoms with van der Waals surface area (Å²) in [5.41, 5.74) is -4.17. The number of rotatable bonds is 9. The summed E-state index contributed by atoms with van der Waals surface area (Å²) in [4.78, 5) is 43.3. The Kier molecular flexibility index (Phi) is 7.75. The summed E-state index contributed by atoms with van der Waals surface area (Å²) in [5, 5.41) is 26.6. The second kappa shape index (κ2) is 11.3. The highest BCUT2D eigenvalue weighted by Gasteiger charge is 2.91. The Balaban J connectivity index is 1.23. The third-order valence-electron chi connectivity index (χ3n) is 14.5. The molecule has 1 aromatic rings. The van der Waals surface area contributed by atoms with Crippen LogP contribution in [0.4, 0.5) is 5.69 Å². The van der Waals surface area contributed by atoms with Crippen molar-refractivity contribution in [1.82, 2.24) is 4.90 Å². The van der Waals surface area contributed by atoms with Gasteiger partial charge in [0.25, 0.3) is 0 Å². The third-order valence-corrected chi connectivity index (χ3v) is 14.5. The fraction of sp³-hybridized carbons (Fsp3) is 0.757. The molecule has 14 atom stereocenters. The number of hydrogen-bond donors (Lipinski definition) is 2. The van der Waals surface area contributed by atoms with Crippen molar-refractivity contribution in [3.63, 3.8) is 0 Å². The van der Waals surface area contributed by atoms with Crippen LogP contribution in [0, 0.1) is 40.4 Å². The van der Waals surface area contributed by atoms with E-state index in [0.717, 1.165) is 11.3 Å². The molecule has 2 N–H and O–H groups in total. The third kappa shape index (κ3) is 3.86. The zero-order valence-corrected chi connectivity index (χ0v) is 29.3. The molecule has 49 heavy (non-hydrogen) atoms. The number of likely N-dealkylation sites (tertiary alicyclic amines) is 1. The van der Waals surface area contributed by atoms with E-state index in [2.05, 4.69) is 11.8 Å². The molecule has 268 valence electrons. The van der Waals surface area contributed by atoms with E-state index in [-0.39, 0.29) is 84.5 Å².